The van der Waals surface area contributed by atoms with Crippen LogP contribution >= 0.6 is 0 Å². The number of hydrogen-bond acceptors (Lipinski definition) is 3. The van der Waals surface area contributed by atoms with E-state index in [2.05, 4.69) is 0 Å². The van der Waals surface area contributed by atoms with Gasteiger partial charge in [0.1, 0.15) is 0 Å². The maximum Gasteiger partial charge on any atom is 0.243 e. The molecule has 0 radical (unpaired) electrons. The topological polar surface area (TPSA) is 57.6 Å². The fraction of sp³-hybridized carbons (Fsp3) is 0.500. The summed E-state index contributed by atoms with van der Waals surface area (Å²) in [6.45, 7) is 2.62. The van der Waals surface area contributed by atoms with E-state index in [0.717, 1.165) is 5.56 Å². The Bertz CT molecular complexity index is 481. The summed E-state index contributed by atoms with van der Waals surface area (Å²) >= 11 is 0. The summed E-state index contributed by atoms with van der Waals surface area (Å²) in [5.74, 6) is 0. The van der Waals surface area contributed by atoms with Crippen LogP contribution in [0.4, 0.5) is 0 Å². The molecular formula is C12H17NO3S. The van der Waals surface area contributed by atoms with Crippen molar-refractivity contribution < 1.29 is 13.5 Å². The standard InChI is InChI=1S/C12H17NO3S/c1-10-4-6-12(7-5-10)17(15,16)13-8-2-3-11(14)9-13/h4-7,11,14H,2-3,8-9H2,1H3. The van der Waals surface area contributed by atoms with Crippen molar-refractivity contribution in [3.05, 3.63) is 29.8 Å². The van der Waals surface area contributed by atoms with Gasteiger partial charge in [0.2, 0.25) is 10.0 Å². The van der Waals surface area contributed by atoms with Crippen LogP contribution in [0.2, 0.25) is 0 Å². The minimum Gasteiger partial charge on any atom is -0.392 e. The normalized spacial score (nSPS) is 22.6. The van der Waals surface area contributed by atoms with Crippen molar-refractivity contribution in [1.82, 2.24) is 4.31 Å². The molecule has 1 atom stereocenters. The molecule has 0 aliphatic carbocycles. The fourth-order valence-electron chi connectivity index (χ4n) is 2.00. The number of nitrogens with zero attached hydrogens (tertiary/aromatic N) is 1. The Morgan fingerprint density at radius 2 is 1.94 bits per heavy atom. The zero-order chi connectivity index (χ0) is 12.5. The predicted octanol–water partition coefficient (Wildman–Crippen LogP) is 1.14. The predicted molar refractivity (Wildman–Crippen MR) is 65.2 cm³/mol. The quantitative estimate of drug-likeness (QED) is 0.862. The Morgan fingerprint density at radius 1 is 1.29 bits per heavy atom. The fourth-order valence-corrected chi connectivity index (χ4v) is 3.51. The highest BCUT2D eigenvalue weighted by Gasteiger charge is 2.29. The van der Waals surface area contributed by atoms with Crippen molar-refractivity contribution in [2.24, 2.45) is 0 Å². The molecule has 5 heteroatoms. The smallest absolute Gasteiger partial charge is 0.243 e. The van der Waals surface area contributed by atoms with Gasteiger partial charge in [0.25, 0.3) is 0 Å². The number of hydrogen-bond donors (Lipinski definition) is 1. The third-order valence-electron chi connectivity index (χ3n) is 3.02. The highest BCUT2D eigenvalue weighted by molar-refractivity contribution is 7.89. The van der Waals surface area contributed by atoms with Crippen LogP contribution in [0.5, 0.6) is 0 Å². The van der Waals surface area contributed by atoms with E-state index in [0.29, 0.717) is 24.3 Å². The number of rotatable bonds is 2. The second-order valence-corrected chi connectivity index (χ2v) is 6.41. The number of β-amino-alcohol motifs (C(OH)–C–C–N with tert-alkyl or cyclic N) is 1. The molecule has 17 heavy (non-hydrogen) atoms. The van der Waals surface area contributed by atoms with Crippen molar-refractivity contribution in [2.75, 3.05) is 13.1 Å². The molecule has 1 aromatic rings. The Labute approximate surface area is 102 Å². The van der Waals surface area contributed by atoms with E-state index in [9.17, 15) is 13.5 Å². The molecular weight excluding hydrogens is 238 g/mol. The van der Waals surface area contributed by atoms with E-state index >= 15 is 0 Å². The number of piperidine rings is 1. The van der Waals surface area contributed by atoms with Gasteiger partial charge < -0.3 is 5.11 Å². The summed E-state index contributed by atoms with van der Waals surface area (Å²) in [6.07, 6.45) is 0.857. The monoisotopic (exact) mass is 255 g/mol. The van der Waals surface area contributed by atoms with E-state index in [1.165, 1.54) is 4.31 Å². The molecule has 0 spiro atoms. The highest BCUT2D eigenvalue weighted by Crippen LogP contribution is 2.20. The molecule has 1 aromatic carbocycles. The summed E-state index contributed by atoms with van der Waals surface area (Å²) in [5, 5.41) is 9.53. The van der Waals surface area contributed by atoms with Crippen molar-refractivity contribution in [3.8, 4) is 0 Å². The second kappa shape index (κ2) is 4.76. The average Bonchev–Trinajstić information content (AvgIpc) is 2.29. The van der Waals surface area contributed by atoms with Gasteiger partial charge in [0, 0.05) is 13.1 Å². The van der Waals surface area contributed by atoms with Gasteiger partial charge in [-0.1, -0.05) is 17.7 Å². The number of aliphatic hydroxyl groups is 1. The van der Waals surface area contributed by atoms with E-state index in [1.54, 1.807) is 24.3 Å². The summed E-state index contributed by atoms with van der Waals surface area (Å²) in [4.78, 5) is 0.303. The van der Waals surface area contributed by atoms with Crippen LogP contribution in [-0.4, -0.2) is 37.0 Å². The molecule has 1 fully saturated rings. The molecule has 1 unspecified atom stereocenters. The molecule has 94 valence electrons. The lowest BCUT2D eigenvalue weighted by Crippen LogP contribution is -2.42. The minimum absolute atomic E-state index is 0.205. The van der Waals surface area contributed by atoms with Gasteiger partial charge in [-0.2, -0.15) is 4.31 Å². The lowest BCUT2D eigenvalue weighted by Gasteiger charge is -2.29. The number of aryl methyl sites for hydroxylation is 1. The first-order valence-corrected chi connectivity index (χ1v) is 7.19. The summed E-state index contributed by atoms with van der Waals surface area (Å²) < 4.78 is 25.9. The van der Waals surface area contributed by atoms with Crippen LogP contribution < -0.4 is 0 Å². The molecule has 1 aliphatic heterocycles. The largest absolute Gasteiger partial charge is 0.392 e. The second-order valence-electron chi connectivity index (χ2n) is 4.47. The van der Waals surface area contributed by atoms with Crippen LogP contribution in [0.1, 0.15) is 18.4 Å². The van der Waals surface area contributed by atoms with Crippen LogP contribution in [0.3, 0.4) is 0 Å². The molecule has 0 amide bonds. The molecule has 1 heterocycles. The van der Waals surface area contributed by atoms with Crippen LogP contribution in [0.15, 0.2) is 29.2 Å². The number of benzene rings is 1. The lowest BCUT2D eigenvalue weighted by molar-refractivity contribution is 0.108. The molecule has 0 aromatic heterocycles. The summed E-state index contributed by atoms with van der Waals surface area (Å²) in [6, 6.07) is 6.80. The minimum atomic E-state index is -3.44. The van der Waals surface area contributed by atoms with Gasteiger partial charge in [-0.15, -0.1) is 0 Å². The van der Waals surface area contributed by atoms with Gasteiger partial charge in [0.15, 0.2) is 0 Å². The average molecular weight is 255 g/mol. The molecule has 1 N–H and O–H groups in total. The number of sulfonamides is 1. The van der Waals surface area contributed by atoms with Crippen LogP contribution in [0.25, 0.3) is 0 Å². The third kappa shape index (κ3) is 2.68. The van der Waals surface area contributed by atoms with E-state index in [4.69, 9.17) is 0 Å². The van der Waals surface area contributed by atoms with Gasteiger partial charge in [-0.05, 0) is 31.9 Å². The molecule has 1 aliphatic rings. The first kappa shape index (κ1) is 12.5. The highest BCUT2D eigenvalue weighted by atomic mass is 32.2. The van der Waals surface area contributed by atoms with E-state index in [-0.39, 0.29) is 6.54 Å². The number of aliphatic hydroxyl groups excluding tert-OH is 1. The lowest BCUT2D eigenvalue weighted by atomic mass is 10.1. The Hall–Kier alpha value is -0.910. The maximum absolute atomic E-state index is 12.3. The van der Waals surface area contributed by atoms with Crippen molar-refractivity contribution >= 4 is 10.0 Å². The first-order chi connectivity index (χ1) is 8.00. The zero-order valence-corrected chi connectivity index (χ0v) is 10.7. The Kier molecular flexibility index (Phi) is 3.51. The SMILES string of the molecule is Cc1ccc(S(=O)(=O)N2CCCC(O)C2)cc1. The Morgan fingerprint density at radius 3 is 2.53 bits per heavy atom. The summed E-state index contributed by atoms with van der Waals surface area (Å²) in [7, 11) is -3.44. The van der Waals surface area contributed by atoms with Crippen molar-refractivity contribution in [2.45, 2.75) is 30.8 Å². The van der Waals surface area contributed by atoms with Crippen molar-refractivity contribution in [1.29, 1.82) is 0 Å². The van der Waals surface area contributed by atoms with E-state index < -0.39 is 16.1 Å². The molecule has 1 saturated heterocycles. The van der Waals surface area contributed by atoms with Crippen LogP contribution in [0, 0.1) is 6.92 Å². The maximum atomic E-state index is 12.3. The van der Waals surface area contributed by atoms with Crippen molar-refractivity contribution in [3.63, 3.8) is 0 Å². The molecule has 4 nitrogen and oxygen atoms in total. The van der Waals surface area contributed by atoms with Crippen LogP contribution in [-0.2, 0) is 10.0 Å². The van der Waals surface area contributed by atoms with Gasteiger partial charge in [0.05, 0.1) is 11.0 Å². The zero-order valence-electron chi connectivity index (χ0n) is 9.83. The Balaban J connectivity index is 2.26. The van der Waals surface area contributed by atoms with Gasteiger partial charge in [-0.25, -0.2) is 8.42 Å². The third-order valence-corrected chi connectivity index (χ3v) is 4.90. The molecule has 2 rings (SSSR count). The molecule has 0 bridgehead atoms. The summed E-state index contributed by atoms with van der Waals surface area (Å²) in [5.41, 5.74) is 1.03. The van der Waals surface area contributed by atoms with Gasteiger partial charge in [-0.3, -0.25) is 0 Å². The molecule has 0 saturated carbocycles. The van der Waals surface area contributed by atoms with E-state index in [1.807, 2.05) is 6.92 Å². The van der Waals surface area contributed by atoms with Gasteiger partial charge >= 0.3 is 0 Å². The first-order valence-electron chi connectivity index (χ1n) is 5.75.